The SMILES string of the molecule is COC(CN1CCN(S(=O)(=O)c2ccccc2)CC1)OC. The summed E-state index contributed by atoms with van der Waals surface area (Å²) in [5.74, 6) is 0. The maximum absolute atomic E-state index is 12.5. The molecule has 0 N–H and O–H groups in total. The molecular formula is C14H22N2O4S. The first-order chi connectivity index (χ1) is 10.1. The fraction of sp³-hybridized carbons (Fsp3) is 0.571. The maximum Gasteiger partial charge on any atom is 0.243 e. The molecule has 0 atom stereocenters. The van der Waals surface area contributed by atoms with Crippen LogP contribution >= 0.6 is 0 Å². The van der Waals surface area contributed by atoms with Crippen molar-refractivity contribution in [3.63, 3.8) is 0 Å². The van der Waals surface area contributed by atoms with Crippen molar-refractivity contribution in [2.45, 2.75) is 11.2 Å². The highest BCUT2D eigenvalue weighted by Crippen LogP contribution is 2.17. The number of hydrogen-bond donors (Lipinski definition) is 0. The van der Waals surface area contributed by atoms with Gasteiger partial charge in [-0.2, -0.15) is 4.31 Å². The van der Waals surface area contributed by atoms with Crippen LogP contribution in [0.3, 0.4) is 0 Å². The second kappa shape index (κ2) is 7.33. The van der Waals surface area contributed by atoms with Gasteiger partial charge in [0, 0.05) is 46.9 Å². The van der Waals surface area contributed by atoms with E-state index in [2.05, 4.69) is 4.90 Å². The zero-order valence-corrected chi connectivity index (χ0v) is 13.3. The van der Waals surface area contributed by atoms with Crippen molar-refractivity contribution in [3.05, 3.63) is 30.3 Å². The summed E-state index contributed by atoms with van der Waals surface area (Å²) in [6, 6.07) is 8.56. The monoisotopic (exact) mass is 314 g/mol. The molecule has 0 aromatic heterocycles. The molecule has 0 spiro atoms. The van der Waals surface area contributed by atoms with Crippen LogP contribution in [0.4, 0.5) is 0 Å². The van der Waals surface area contributed by atoms with Crippen LogP contribution in [0.25, 0.3) is 0 Å². The van der Waals surface area contributed by atoms with Gasteiger partial charge in [0.15, 0.2) is 6.29 Å². The molecule has 2 rings (SSSR count). The number of piperazine rings is 1. The number of hydrogen-bond acceptors (Lipinski definition) is 5. The predicted molar refractivity (Wildman–Crippen MR) is 79.4 cm³/mol. The van der Waals surface area contributed by atoms with Gasteiger partial charge in [-0.05, 0) is 12.1 Å². The molecule has 1 aliphatic heterocycles. The van der Waals surface area contributed by atoms with E-state index in [9.17, 15) is 8.42 Å². The standard InChI is InChI=1S/C14H22N2O4S/c1-19-14(20-2)12-15-8-10-16(11-9-15)21(17,18)13-6-4-3-5-7-13/h3-7,14H,8-12H2,1-2H3. The molecule has 1 aliphatic rings. The summed E-state index contributed by atoms with van der Waals surface area (Å²) >= 11 is 0. The molecule has 118 valence electrons. The van der Waals surface area contributed by atoms with E-state index >= 15 is 0 Å². The van der Waals surface area contributed by atoms with Crippen LogP contribution in [-0.4, -0.2) is 70.9 Å². The van der Waals surface area contributed by atoms with Crippen LogP contribution in [0.15, 0.2) is 35.2 Å². The van der Waals surface area contributed by atoms with E-state index in [4.69, 9.17) is 9.47 Å². The molecule has 1 fully saturated rings. The van der Waals surface area contributed by atoms with Gasteiger partial charge in [0.05, 0.1) is 4.90 Å². The highest BCUT2D eigenvalue weighted by atomic mass is 32.2. The summed E-state index contributed by atoms with van der Waals surface area (Å²) < 4.78 is 36.8. The molecule has 0 saturated carbocycles. The van der Waals surface area contributed by atoms with Crippen LogP contribution in [0.5, 0.6) is 0 Å². The number of nitrogens with zero attached hydrogens (tertiary/aromatic N) is 2. The summed E-state index contributed by atoms with van der Waals surface area (Å²) in [5, 5.41) is 0. The van der Waals surface area contributed by atoms with Gasteiger partial charge in [-0.25, -0.2) is 8.42 Å². The van der Waals surface area contributed by atoms with Crippen molar-refractivity contribution in [2.24, 2.45) is 0 Å². The van der Waals surface area contributed by atoms with Gasteiger partial charge in [0.25, 0.3) is 0 Å². The first-order valence-corrected chi connectivity index (χ1v) is 8.35. The maximum atomic E-state index is 12.5. The Bertz CT molecular complexity index is 523. The van der Waals surface area contributed by atoms with Gasteiger partial charge in [-0.1, -0.05) is 18.2 Å². The van der Waals surface area contributed by atoms with E-state index in [1.165, 1.54) is 4.31 Å². The molecule has 0 aliphatic carbocycles. The van der Waals surface area contributed by atoms with Gasteiger partial charge < -0.3 is 9.47 Å². The fourth-order valence-electron chi connectivity index (χ4n) is 2.35. The van der Waals surface area contributed by atoms with Crippen molar-refractivity contribution in [1.82, 2.24) is 9.21 Å². The van der Waals surface area contributed by atoms with Crippen LogP contribution < -0.4 is 0 Å². The number of rotatable bonds is 6. The van der Waals surface area contributed by atoms with Gasteiger partial charge in [0.1, 0.15) is 0 Å². The second-order valence-electron chi connectivity index (χ2n) is 4.92. The molecule has 21 heavy (non-hydrogen) atoms. The Morgan fingerprint density at radius 1 is 1.05 bits per heavy atom. The molecule has 0 radical (unpaired) electrons. The van der Waals surface area contributed by atoms with Gasteiger partial charge >= 0.3 is 0 Å². The van der Waals surface area contributed by atoms with Crippen molar-refractivity contribution in [3.8, 4) is 0 Å². The summed E-state index contributed by atoms with van der Waals surface area (Å²) in [6.45, 7) is 2.96. The molecule has 1 aromatic rings. The number of sulfonamides is 1. The van der Waals surface area contributed by atoms with Gasteiger partial charge in [0.2, 0.25) is 10.0 Å². The number of methoxy groups -OCH3 is 2. The highest BCUT2D eigenvalue weighted by Gasteiger charge is 2.28. The van der Waals surface area contributed by atoms with Crippen molar-refractivity contribution >= 4 is 10.0 Å². The first-order valence-electron chi connectivity index (χ1n) is 6.91. The molecule has 0 unspecified atom stereocenters. The molecule has 1 heterocycles. The van der Waals surface area contributed by atoms with Crippen molar-refractivity contribution in [1.29, 1.82) is 0 Å². The zero-order chi connectivity index (χ0) is 15.3. The third kappa shape index (κ3) is 4.02. The van der Waals surface area contributed by atoms with Gasteiger partial charge in [-0.3, -0.25) is 4.90 Å². The topological polar surface area (TPSA) is 59.1 Å². The van der Waals surface area contributed by atoms with Crippen LogP contribution in [0.1, 0.15) is 0 Å². The summed E-state index contributed by atoms with van der Waals surface area (Å²) in [6.07, 6.45) is -0.276. The van der Waals surface area contributed by atoms with Crippen LogP contribution in [0.2, 0.25) is 0 Å². The minimum Gasteiger partial charge on any atom is -0.355 e. The van der Waals surface area contributed by atoms with E-state index < -0.39 is 10.0 Å². The largest absolute Gasteiger partial charge is 0.355 e. The Labute approximate surface area is 126 Å². The highest BCUT2D eigenvalue weighted by molar-refractivity contribution is 7.89. The molecule has 0 bridgehead atoms. The molecule has 1 aromatic carbocycles. The lowest BCUT2D eigenvalue weighted by molar-refractivity contribution is -0.118. The third-order valence-corrected chi connectivity index (χ3v) is 5.56. The minimum absolute atomic E-state index is 0.276. The number of benzene rings is 1. The average Bonchev–Trinajstić information content (AvgIpc) is 2.54. The molecule has 0 amide bonds. The third-order valence-electron chi connectivity index (χ3n) is 3.65. The predicted octanol–water partition coefficient (Wildman–Crippen LogP) is 0.612. The van der Waals surface area contributed by atoms with Crippen LogP contribution in [0, 0.1) is 0 Å². The summed E-state index contributed by atoms with van der Waals surface area (Å²) in [5.41, 5.74) is 0. The van der Waals surface area contributed by atoms with E-state index in [0.717, 1.165) is 0 Å². The summed E-state index contributed by atoms with van der Waals surface area (Å²) in [7, 11) is -0.178. The van der Waals surface area contributed by atoms with E-state index in [1.54, 1.807) is 38.5 Å². The van der Waals surface area contributed by atoms with Gasteiger partial charge in [-0.15, -0.1) is 0 Å². The minimum atomic E-state index is -3.38. The lowest BCUT2D eigenvalue weighted by atomic mass is 10.3. The Morgan fingerprint density at radius 3 is 2.14 bits per heavy atom. The molecule has 6 nitrogen and oxygen atoms in total. The normalized spacial score (nSPS) is 18.2. The van der Waals surface area contributed by atoms with E-state index in [-0.39, 0.29) is 6.29 Å². The van der Waals surface area contributed by atoms with Crippen molar-refractivity contribution in [2.75, 3.05) is 46.9 Å². The van der Waals surface area contributed by atoms with Crippen LogP contribution in [-0.2, 0) is 19.5 Å². The lowest BCUT2D eigenvalue weighted by Gasteiger charge is -2.35. The number of ether oxygens (including phenoxy) is 2. The van der Waals surface area contributed by atoms with Crippen molar-refractivity contribution < 1.29 is 17.9 Å². The Balaban J connectivity index is 1.95. The Morgan fingerprint density at radius 2 is 1.62 bits per heavy atom. The lowest BCUT2D eigenvalue weighted by Crippen LogP contribution is -2.50. The molecular weight excluding hydrogens is 292 g/mol. The fourth-order valence-corrected chi connectivity index (χ4v) is 3.79. The first kappa shape index (κ1) is 16.4. The Kier molecular flexibility index (Phi) is 5.72. The van der Waals surface area contributed by atoms with E-state index in [1.807, 2.05) is 6.07 Å². The smallest absolute Gasteiger partial charge is 0.243 e. The quantitative estimate of drug-likeness (QED) is 0.720. The molecule has 7 heteroatoms. The average molecular weight is 314 g/mol. The van der Waals surface area contributed by atoms with E-state index in [0.29, 0.717) is 37.6 Å². The zero-order valence-electron chi connectivity index (χ0n) is 12.4. The second-order valence-corrected chi connectivity index (χ2v) is 6.86. The summed E-state index contributed by atoms with van der Waals surface area (Å²) in [4.78, 5) is 2.50. The Hall–Kier alpha value is -0.990. The molecule has 1 saturated heterocycles.